The Labute approximate surface area is 111 Å². The molecule has 0 aliphatic carbocycles. The Hall–Kier alpha value is -1.49. The first-order chi connectivity index (χ1) is 8.61. The number of aromatic nitrogens is 3. The Balaban J connectivity index is 2.36. The molecule has 0 amide bonds. The fraction of sp³-hybridized carbons (Fsp3) is 0.385. The number of ether oxygens (including phenoxy) is 1. The van der Waals surface area contributed by atoms with Crippen LogP contribution < -0.4 is 4.74 Å². The summed E-state index contributed by atoms with van der Waals surface area (Å²) in [7, 11) is 3.65. The van der Waals surface area contributed by atoms with Gasteiger partial charge in [0.25, 0.3) is 0 Å². The van der Waals surface area contributed by atoms with Crippen molar-refractivity contribution < 1.29 is 4.74 Å². The summed E-state index contributed by atoms with van der Waals surface area (Å²) in [6, 6.07) is 7.85. The van der Waals surface area contributed by atoms with E-state index in [1.54, 1.807) is 18.9 Å². The Morgan fingerprint density at radius 2 is 2.06 bits per heavy atom. The van der Waals surface area contributed by atoms with E-state index < -0.39 is 0 Å². The highest BCUT2D eigenvalue weighted by Gasteiger charge is 2.12. The van der Waals surface area contributed by atoms with E-state index in [1.165, 1.54) is 0 Å². The van der Waals surface area contributed by atoms with Gasteiger partial charge in [-0.3, -0.25) is 0 Å². The van der Waals surface area contributed by atoms with E-state index in [0.29, 0.717) is 5.25 Å². The van der Waals surface area contributed by atoms with Gasteiger partial charge in [-0.05, 0) is 12.1 Å². The van der Waals surface area contributed by atoms with Gasteiger partial charge in [-0.25, -0.2) is 0 Å². The fourth-order valence-corrected chi connectivity index (χ4v) is 2.40. The highest BCUT2D eigenvalue weighted by atomic mass is 32.2. The second-order valence-electron chi connectivity index (χ2n) is 4.26. The Morgan fingerprint density at radius 1 is 1.28 bits per heavy atom. The van der Waals surface area contributed by atoms with Crippen molar-refractivity contribution in [1.82, 2.24) is 14.8 Å². The minimum absolute atomic E-state index is 0.492. The van der Waals surface area contributed by atoms with Crippen molar-refractivity contribution in [3.63, 3.8) is 0 Å². The average molecular weight is 263 g/mol. The molecule has 2 rings (SSSR count). The molecule has 0 unspecified atom stereocenters. The lowest BCUT2D eigenvalue weighted by molar-refractivity contribution is 0.415. The van der Waals surface area contributed by atoms with Crippen LogP contribution in [0.1, 0.15) is 13.8 Å². The van der Waals surface area contributed by atoms with Gasteiger partial charge in [0, 0.05) is 17.9 Å². The second kappa shape index (κ2) is 5.44. The Kier molecular flexibility index (Phi) is 3.91. The van der Waals surface area contributed by atoms with Gasteiger partial charge in [0.1, 0.15) is 5.75 Å². The zero-order chi connectivity index (χ0) is 13.1. The topological polar surface area (TPSA) is 39.9 Å². The van der Waals surface area contributed by atoms with E-state index in [9.17, 15) is 0 Å². The Bertz CT molecular complexity index is 537. The number of thioether (sulfide) groups is 1. The van der Waals surface area contributed by atoms with E-state index >= 15 is 0 Å². The second-order valence-corrected chi connectivity index (χ2v) is 5.81. The van der Waals surface area contributed by atoms with Crippen LogP contribution in [0.3, 0.4) is 0 Å². The van der Waals surface area contributed by atoms with E-state index in [4.69, 9.17) is 4.74 Å². The van der Waals surface area contributed by atoms with Gasteiger partial charge >= 0.3 is 0 Å². The van der Waals surface area contributed by atoms with Crippen molar-refractivity contribution in [3.8, 4) is 17.1 Å². The highest BCUT2D eigenvalue weighted by molar-refractivity contribution is 7.99. The summed E-state index contributed by atoms with van der Waals surface area (Å²) in [5.41, 5.74) is 1.01. The van der Waals surface area contributed by atoms with Crippen LogP contribution in [0.25, 0.3) is 11.4 Å². The molecule has 0 aliphatic rings. The first-order valence-electron chi connectivity index (χ1n) is 5.82. The number of hydrogen-bond donors (Lipinski definition) is 0. The minimum Gasteiger partial charge on any atom is -0.497 e. The van der Waals surface area contributed by atoms with Crippen LogP contribution in [0.5, 0.6) is 5.75 Å². The normalized spacial score (nSPS) is 10.9. The zero-order valence-corrected chi connectivity index (χ0v) is 11.9. The maximum atomic E-state index is 5.22. The molecule has 0 radical (unpaired) electrons. The van der Waals surface area contributed by atoms with Gasteiger partial charge in [-0.15, -0.1) is 10.2 Å². The summed E-state index contributed by atoms with van der Waals surface area (Å²) in [6.45, 7) is 4.29. The third kappa shape index (κ3) is 2.67. The number of methoxy groups -OCH3 is 1. The van der Waals surface area contributed by atoms with Gasteiger partial charge in [-0.2, -0.15) is 0 Å². The molecule has 0 saturated heterocycles. The van der Waals surface area contributed by atoms with Crippen molar-refractivity contribution in [2.45, 2.75) is 24.3 Å². The molecular weight excluding hydrogens is 246 g/mol. The molecule has 0 saturated carbocycles. The molecule has 18 heavy (non-hydrogen) atoms. The largest absolute Gasteiger partial charge is 0.497 e. The minimum atomic E-state index is 0.492. The van der Waals surface area contributed by atoms with Crippen molar-refractivity contribution in [2.24, 2.45) is 7.05 Å². The number of benzene rings is 1. The van der Waals surface area contributed by atoms with Crippen molar-refractivity contribution >= 4 is 11.8 Å². The third-order valence-electron chi connectivity index (χ3n) is 2.50. The van der Waals surface area contributed by atoms with Gasteiger partial charge in [0.15, 0.2) is 11.0 Å². The van der Waals surface area contributed by atoms with Crippen LogP contribution in [-0.2, 0) is 7.05 Å². The molecule has 4 nitrogen and oxygen atoms in total. The number of nitrogens with zero attached hydrogens (tertiary/aromatic N) is 3. The maximum Gasteiger partial charge on any atom is 0.191 e. The van der Waals surface area contributed by atoms with E-state index in [1.807, 2.05) is 35.9 Å². The lowest BCUT2D eigenvalue weighted by atomic mass is 10.2. The van der Waals surface area contributed by atoms with Crippen LogP contribution in [0.15, 0.2) is 29.4 Å². The summed E-state index contributed by atoms with van der Waals surface area (Å²) in [4.78, 5) is 0. The molecule has 5 heteroatoms. The fourth-order valence-electron chi connectivity index (χ4n) is 1.64. The lowest BCUT2D eigenvalue weighted by Crippen LogP contribution is -1.97. The van der Waals surface area contributed by atoms with Crippen LogP contribution in [0.4, 0.5) is 0 Å². The SMILES string of the molecule is COc1cccc(-c2nnc(SC(C)C)n2C)c1. The molecule has 1 aromatic heterocycles. The van der Waals surface area contributed by atoms with Crippen LogP contribution >= 0.6 is 11.8 Å². The average Bonchev–Trinajstić information content (AvgIpc) is 2.70. The zero-order valence-electron chi connectivity index (χ0n) is 11.0. The monoisotopic (exact) mass is 263 g/mol. The van der Waals surface area contributed by atoms with Crippen LogP contribution in [0, 0.1) is 0 Å². The van der Waals surface area contributed by atoms with Crippen LogP contribution in [0.2, 0.25) is 0 Å². The first-order valence-corrected chi connectivity index (χ1v) is 6.70. The quantitative estimate of drug-likeness (QED) is 0.795. The summed E-state index contributed by atoms with van der Waals surface area (Å²) in [5, 5.41) is 9.90. The van der Waals surface area contributed by atoms with E-state index in [-0.39, 0.29) is 0 Å². The molecule has 0 N–H and O–H groups in total. The number of rotatable bonds is 4. The predicted octanol–water partition coefficient (Wildman–Crippen LogP) is 2.99. The molecule has 0 spiro atoms. The molecule has 1 heterocycles. The maximum absolute atomic E-state index is 5.22. The third-order valence-corrected chi connectivity index (χ3v) is 3.54. The molecule has 0 aliphatic heterocycles. The van der Waals surface area contributed by atoms with Gasteiger partial charge in [-0.1, -0.05) is 37.7 Å². The van der Waals surface area contributed by atoms with E-state index in [2.05, 4.69) is 24.0 Å². The predicted molar refractivity (Wildman–Crippen MR) is 74.0 cm³/mol. The smallest absolute Gasteiger partial charge is 0.191 e. The summed E-state index contributed by atoms with van der Waals surface area (Å²) >= 11 is 1.71. The molecular formula is C13H17N3OS. The van der Waals surface area contributed by atoms with Crippen molar-refractivity contribution in [1.29, 1.82) is 0 Å². The van der Waals surface area contributed by atoms with Crippen LogP contribution in [-0.4, -0.2) is 27.1 Å². The van der Waals surface area contributed by atoms with Crippen molar-refractivity contribution in [2.75, 3.05) is 7.11 Å². The molecule has 0 fully saturated rings. The highest BCUT2D eigenvalue weighted by Crippen LogP contribution is 2.26. The van der Waals surface area contributed by atoms with E-state index in [0.717, 1.165) is 22.3 Å². The summed E-state index contributed by atoms with van der Waals surface area (Å²) < 4.78 is 7.24. The molecule has 0 atom stereocenters. The van der Waals surface area contributed by atoms with Gasteiger partial charge in [0.2, 0.25) is 0 Å². The summed E-state index contributed by atoms with van der Waals surface area (Å²) in [5.74, 6) is 1.69. The van der Waals surface area contributed by atoms with Gasteiger partial charge < -0.3 is 9.30 Å². The van der Waals surface area contributed by atoms with Crippen molar-refractivity contribution in [3.05, 3.63) is 24.3 Å². The summed E-state index contributed by atoms with van der Waals surface area (Å²) in [6.07, 6.45) is 0. The standard InChI is InChI=1S/C13H17N3OS/c1-9(2)18-13-15-14-12(16(13)3)10-6-5-7-11(8-10)17-4/h5-9H,1-4H3. The molecule has 96 valence electrons. The lowest BCUT2D eigenvalue weighted by Gasteiger charge is -2.06. The molecule has 0 bridgehead atoms. The first kappa shape index (κ1) is 13.0. The molecule has 2 aromatic rings. The molecule has 1 aromatic carbocycles. The number of hydrogen-bond acceptors (Lipinski definition) is 4. The van der Waals surface area contributed by atoms with Gasteiger partial charge in [0.05, 0.1) is 7.11 Å². The Morgan fingerprint density at radius 3 is 2.72 bits per heavy atom.